The molecule has 13 nitrogen and oxygen atoms in total. The number of alkyl halides is 1. The number of primary amides is 1. The maximum absolute atomic E-state index is 14.8. The number of aromatic nitrogens is 7. The second-order valence-electron chi connectivity index (χ2n) is 10.8. The van der Waals surface area contributed by atoms with Crippen LogP contribution in [0.25, 0.3) is 44.6 Å². The molecule has 0 saturated carbocycles. The lowest BCUT2D eigenvalue weighted by Gasteiger charge is -2.24. The van der Waals surface area contributed by atoms with Gasteiger partial charge in [0, 0.05) is 29.1 Å². The van der Waals surface area contributed by atoms with Crippen LogP contribution in [0.3, 0.4) is 0 Å². The maximum Gasteiger partial charge on any atom is 0.269 e. The number of rotatable bonds is 7. The summed E-state index contributed by atoms with van der Waals surface area (Å²) in [5, 5.41) is 15.0. The monoisotopic (exact) mass is 622 g/mol. The normalized spacial score (nSPS) is 16.3. The number of aromatic amines is 1. The fraction of sp³-hybridized carbons (Fsp3) is 0.161. The number of benzene rings is 2. The van der Waals surface area contributed by atoms with Crippen LogP contribution in [0.1, 0.15) is 16.9 Å². The van der Waals surface area contributed by atoms with Gasteiger partial charge in [0.2, 0.25) is 11.8 Å². The summed E-state index contributed by atoms with van der Waals surface area (Å²) in [6.45, 7) is -0.725. The molecule has 6 aromatic rings. The third kappa shape index (κ3) is 5.27. The Balaban J connectivity index is 1.15. The molecule has 4 aromatic heterocycles. The first-order chi connectivity index (χ1) is 22.2. The number of hydrogen-bond donors (Lipinski definition) is 3. The van der Waals surface area contributed by atoms with Gasteiger partial charge in [-0.2, -0.15) is 15.3 Å². The van der Waals surface area contributed by atoms with E-state index in [9.17, 15) is 23.2 Å². The van der Waals surface area contributed by atoms with Gasteiger partial charge in [0.15, 0.2) is 11.3 Å². The fourth-order valence-electron chi connectivity index (χ4n) is 5.67. The van der Waals surface area contributed by atoms with Crippen molar-refractivity contribution >= 4 is 45.5 Å². The number of H-pyrrole nitrogens is 1. The molecule has 1 saturated heterocycles. The van der Waals surface area contributed by atoms with Crippen LogP contribution in [0.2, 0.25) is 0 Å². The van der Waals surface area contributed by atoms with Gasteiger partial charge in [-0.3, -0.25) is 19.1 Å². The minimum Gasteiger partial charge on any atom is -0.364 e. The van der Waals surface area contributed by atoms with Crippen LogP contribution in [-0.2, 0) is 16.1 Å². The Bertz CT molecular complexity index is 2120. The van der Waals surface area contributed by atoms with Gasteiger partial charge in [-0.05, 0) is 54.1 Å². The maximum atomic E-state index is 14.8. The second kappa shape index (κ2) is 11.4. The lowest BCUT2D eigenvalue weighted by atomic mass is 10.0. The molecule has 15 heteroatoms. The number of carbonyl (C=O) groups is 3. The number of hydrogen-bond acceptors (Lipinski definition) is 8. The van der Waals surface area contributed by atoms with Crippen molar-refractivity contribution < 1.29 is 23.2 Å². The van der Waals surface area contributed by atoms with E-state index in [1.807, 2.05) is 0 Å². The molecular formula is C31H24F2N10O3. The lowest BCUT2D eigenvalue weighted by Crippen LogP contribution is -2.44. The van der Waals surface area contributed by atoms with Gasteiger partial charge >= 0.3 is 0 Å². The van der Waals surface area contributed by atoms with Crippen molar-refractivity contribution in [2.75, 3.05) is 11.9 Å². The number of halogens is 2. The molecule has 0 radical (unpaired) electrons. The average Bonchev–Trinajstić information content (AvgIpc) is 3.76. The van der Waals surface area contributed by atoms with Gasteiger partial charge < -0.3 is 20.9 Å². The second-order valence-corrected chi connectivity index (χ2v) is 10.8. The van der Waals surface area contributed by atoms with E-state index in [1.54, 1.807) is 48.8 Å². The van der Waals surface area contributed by atoms with Crippen molar-refractivity contribution in [3.8, 4) is 22.5 Å². The number of pyridine rings is 1. The Morgan fingerprint density at radius 1 is 1.04 bits per heavy atom. The van der Waals surface area contributed by atoms with Crippen molar-refractivity contribution in [3.05, 3.63) is 84.7 Å². The Morgan fingerprint density at radius 2 is 1.91 bits per heavy atom. The number of anilines is 1. The highest BCUT2D eigenvalue weighted by atomic mass is 19.1. The van der Waals surface area contributed by atoms with Crippen LogP contribution in [0.15, 0.2) is 73.2 Å². The number of nitrogens with zero attached hydrogens (tertiary/aromatic N) is 7. The number of nitrogens with one attached hydrogen (secondary N) is 2. The third-order valence-electron chi connectivity index (χ3n) is 7.81. The molecule has 4 N–H and O–H groups in total. The molecule has 7 rings (SSSR count). The van der Waals surface area contributed by atoms with Crippen LogP contribution in [-0.4, -0.2) is 76.3 Å². The van der Waals surface area contributed by atoms with E-state index < -0.39 is 42.3 Å². The van der Waals surface area contributed by atoms with E-state index in [0.29, 0.717) is 33.5 Å². The fourth-order valence-corrected chi connectivity index (χ4v) is 5.67. The van der Waals surface area contributed by atoms with Crippen molar-refractivity contribution in [1.82, 2.24) is 39.8 Å². The lowest BCUT2D eigenvalue weighted by molar-refractivity contribution is -0.137. The first-order valence-electron chi connectivity index (χ1n) is 14.2. The number of nitrogens with two attached hydrogens (primary N) is 1. The molecule has 2 unspecified atom stereocenters. The van der Waals surface area contributed by atoms with Gasteiger partial charge in [-0.1, -0.05) is 6.07 Å². The molecule has 2 aromatic carbocycles. The van der Waals surface area contributed by atoms with Crippen LogP contribution in [0.4, 0.5) is 14.5 Å². The molecule has 0 aliphatic carbocycles. The van der Waals surface area contributed by atoms with E-state index >= 15 is 0 Å². The number of likely N-dealkylation sites (tertiary alicyclic amines) is 1. The highest BCUT2D eigenvalue weighted by Gasteiger charge is 2.40. The highest BCUT2D eigenvalue weighted by Crippen LogP contribution is 2.31. The SMILES string of the molecule is NC(=O)c1nn(CC(=O)N2CC(F)CC2C(=O)Nc2cc(F)ccc2-c2nc3ncccc3[nH]2)c2ccc(-c3ccnnc3)cc12. The number of carbonyl (C=O) groups excluding carboxylic acids is 3. The molecular weight excluding hydrogens is 598 g/mol. The van der Waals surface area contributed by atoms with Crippen LogP contribution in [0.5, 0.6) is 0 Å². The summed E-state index contributed by atoms with van der Waals surface area (Å²) < 4.78 is 30.4. The van der Waals surface area contributed by atoms with E-state index in [0.717, 1.165) is 22.1 Å². The summed E-state index contributed by atoms with van der Waals surface area (Å²) >= 11 is 0. The molecule has 3 amide bonds. The largest absolute Gasteiger partial charge is 0.364 e. The standard InChI is InChI=1S/C31H24F2N10O3/c32-18-4-5-20(29-38-22-2-1-8-35-30(22)40-29)23(11-18)39-31(46)25-12-19(33)14-42(25)26(44)15-43-24-6-3-16(17-7-9-36-37-13-17)10-21(24)27(41-43)28(34)45/h1-11,13,19,25H,12,14-15H2,(H2,34,45)(H,39,46)(H,35,38,40). The van der Waals surface area contributed by atoms with E-state index in [2.05, 4.69) is 35.6 Å². The topological polar surface area (TPSA) is 178 Å². The highest BCUT2D eigenvalue weighted by molar-refractivity contribution is 6.05. The van der Waals surface area contributed by atoms with Crippen molar-refractivity contribution in [1.29, 1.82) is 0 Å². The molecule has 0 bridgehead atoms. The minimum absolute atomic E-state index is 0.0508. The molecule has 230 valence electrons. The summed E-state index contributed by atoms with van der Waals surface area (Å²) in [5.74, 6) is -2.38. The van der Waals surface area contributed by atoms with Crippen LogP contribution >= 0.6 is 0 Å². The van der Waals surface area contributed by atoms with Crippen LogP contribution < -0.4 is 11.1 Å². The van der Waals surface area contributed by atoms with Crippen molar-refractivity contribution in [3.63, 3.8) is 0 Å². The van der Waals surface area contributed by atoms with E-state index in [-0.39, 0.29) is 24.3 Å². The zero-order chi connectivity index (χ0) is 31.9. The molecule has 1 fully saturated rings. The van der Waals surface area contributed by atoms with E-state index in [4.69, 9.17) is 5.73 Å². The summed E-state index contributed by atoms with van der Waals surface area (Å²) in [6, 6.07) is 13.0. The van der Waals surface area contributed by atoms with Crippen molar-refractivity contribution in [2.45, 2.75) is 25.2 Å². The van der Waals surface area contributed by atoms with Gasteiger partial charge in [-0.25, -0.2) is 18.7 Å². The van der Waals surface area contributed by atoms with Gasteiger partial charge in [-0.15, -0.1) is 0 Å². The molecule has 1 aliphatic heterocycles. The predicted molar refractivity (Wildman–Crippen MR) is 162 cm³/mol. The predicted octanol–water partition coefficient (Wildman–Crippen LogP) is 3.25. The number of amides is 3. The Hall–Kier alpha value is -6.12. The summed E-state index contributed by atoms with van der Waals surface area (Å²) in [5.41, 5.74) is 9.00. The van der Waals surface area contributed by atoms with Gasteiger partial charge in [0.1, 0.15) is 30.4 Å². The molecule has 2 atom stereocenters. The zero-order valence-corrected chi connectivity index (χ0v) is 23.9. The number of imidazole rings is 1. The minimum atomic E-state index is -1.47. The molecule has 46 heavy (non-hydrogen) atoms. The van der Waals surface area contributed by atoms with E-state index in [1.165, 1.54) is 23.0 Å². The van der Waals surface area contributed by atoms with Crippen molar-refractivity contribution in [2.24, 2.45) is 5.73 Å². The average molecular weight is 623 g/mol. The summed E-state index contributed by atoms with van der Waals surface area (Å²) in [4.78, 5) is 52.2. The molecule has 1 aliphatic rings. The Morgan fingerprint density at radius 3 is 2.70 bits per heavy atom. The quantitative estimate of drug-likeness (QED) is 0.243. The van der Waals surface area contributed by atoms with Gasteiger partial charge in [0.25, 0.3) is 5.91 Å². The number of fused-ring (bicyclic) bond motifs is 2. The summed E-state index contributed by atoms with van der Waals surface area (Å²) in [6.07, 6.45) is 2.94. The smallest absolute Gasteiger partial charge is 0.269 e. The van der Waals surface area contributed by atoms with Gasteiger partial charge in [0.05, 0.1) is 35.7 Å². The molecule has 0 spiro atoms. The third-order valence-corrected chi connectivity index (χ3v) is 7.81. The Labute approximate surface area is 258 Å². The Kier molecular flexibility index (Phi) is 7.11. The zero-order valence-electron chi connectivity index (χ0n) is 23.9. The summed E-state index contributed by atoms with van der Waals surface area (Å²) in [7, 11) is 0. The van der Waals surface area contributed by atoms with Crippen LogP contribution in [0, 0.1) is 5.82 Å². The molecule has 5 heterocycles. The first-order valence-corrected chi connectivity index (χ1v) is 14.2. The first kappa shape index (κ1) is 28.6.